The van der Waals surface area contributed by atoms with E-state index < -0.39 is 0 Å². The maximum Gasteiger partial charge on any atom is 0.322 e. The number of halogens is 1. The van der Waals surface area contributed by atoms with E-state index in [0.717, 1.165) is 37.2 Å². The zero-order valence-electron chi connectivity index (χ0n) is 14.5. The lowest BCUT2D eigenvalue weighted by Gasteiger charge is -2.37. The molecule has 24 heavy (non-hydrogen) atoms. The van der Waals surface area contributed by atoms with E-state index in [-0.39, 0.29) is 12.1 Å². The van der Waals surface area contributed by atoms with Crippen molar-refractivity contribution in [3.05, 3.63) is 52.3 Å². The van der Waals surface area contributed by atoms with Crippen LogP contribution in [-0.2, 0) is 6.54 Å². The van der Waals surface area contributed by atoms with Crippen LogP contribution in [-0.4, -0.2) is 22.0 Å². The molecule has 0 spiro atoms. The van der Waals surface area contributed by atoms with Gasteiger partial charge in [0, 0.05) is 35.2 Å². The number of hydrogen-bond acceptors (Lipinski definition) is 1. The first-order valence-electron chi connectivity index (χ1n) is 8.51. The molecule has 1 aliphatic heterocycles. The molecule has 0 fully saturated rings. The Balaban J connectivity index is 1.81. The van der Waals surface area contributed by atoms with Gasteiger partial charge in [-0.15, -0.1) is 0 Å². The summed E-state index contributed by atoms with van der Waals surface area (Å²) < 4.78 is 2.33. The van der Waals surface area contributed by atoms with Crippen LogP contribution in [0.2, 0.25) is 5.02 Å². The van der Waals surface area contributed by atoms with Gasteiger partial charge in [-0.2, -0.15) is 0 Å². The first-order chi connectivity index (χ1) is 11.5. The van der Waals surface area contributed by atoms with E-state index in [1.165, 1.54) is 11.4 Å². The predicted octanol–water partition coefficient (Wildman–Crippen LogP) is 5.15. The highest BCUT2D eigenvalue weighted by molar-refractivity contribution is 6.31. The van der Waals surface area contributed by atoms with Gasteiger partial charge in [0.05, 0.1) is 6.04 Å². The standard InChI is InChI=1S/C19H24ClN3O/c1-4-5-17-18-9-7-14(3)22(18)10-11-23(17)19(24)21-15-8-6-13(2)16(20)12-15/h6-9,12,17H,4-5,10-11H2,1-3H3,(H,21,24). The minimum Gasteiger partial charge on any atom is -0.345 e. The number of aromatic nitrogens is 1. The maximum absolute atomic E-state index is 12.8. The monoisotopic (exact) mass is 345 g/mol. The Morgan fingerprint density at radius 3 is 2.75 bits per heavy atom. The van der Waals surface area contributed by atoms with Gasteiger partial charge >= 0.3 is 6.03 Å². The van der Waals surface area contributed by atoms with Gasteiger partial charge in [0.25, 0.3) is 0 Å². The Morgan fingerprint density at radius 1 is 1.25 bits per heavy atom. The van der Waals surface area contributed by atoms with Gasteiger partial charge in [-0.25, -0.2) is 4.79 Å². The summed E-state index contributed by atoms with van der Waals surface area (Å²) in [5, 5.41) is 3.67. The SMILES string of the molecule is CCCC1c2ccc(C)n2CCN1C(=O)Nc1ccc(C)c(Cl)c1. The number of anilines is 1. The summed E-state index contributed by atoms with van der Waals surface area (Å²) in [5.74, 6) is 0. The summed E-state index contributed by atoms with van der Waals surface area (Å²) >= 11 is 6.16. The fourth-order valence-corrected chi connectivity index (χ4v) is 3.58. The normalized spacial score (nSPS) is 16.8. The molecule has 1 unspecified atom stereocenters. The molecule has 2 heterocycles. The first kappa shape index (κ1) is 16.9. The lowest BCUT2D eigenvalue weighted by Crippen LogP contribution is -2.44. The third-order valence-corrected chi connectivity index (χ3v) is 5.17. The second-order valence-corrected chi connectivity index (χ2v) is 6.85. The van der Waals surface area contributed by atoms with Crippen molar-refractivity contribution in [2.24, 2.45) is 0 Å². The number of amides is 2. The molecule has 3 rings (SSSR count). The number of hydrogen-bond donors (Lipinski definition) is 1. The summed E-state index contributed by atoms with van der Waals surface area (Å²) in [6, 6.07) is 9.98. The lowest BCUT2D eigenvalue weighted by atomic mass is 10.0. The Bertz CT molecular complexity index is 753. The largest absolute Gasteiger partial charge is 0.345 e. The van der Waals surface area contributed by atoms with Crippen molar-refractivity contribution in [3.8, 4) is 0 Å². The van der Waals surface area contributed by atoms with Crippen LogP contribution in [0.1, 0.15) is 42.8 Å². The van der Waals surface area contributed by atoms with Gasteiger partial charge in [-0.1, -0.05) is 31.0 Å². The number of nitrogens with one attached hydrogen (secondary N) is 1. The molecule has 2 aromatic rings. The van der Waals surface area contributed by atoms with E-state index in [9.17, 15) is 4.79 Å². The van der Waals surface area contributed by atoms with Crippen molar-refractivity contribution < 1.29 is 4.79 Å². The van der Waals surface area contributed by atoms with Crippen molar-refractivity contribution in [2.75, 3.05) is 11.9 Å². The number of aryl methyl sites for hydroxylation is 2. The van der Waals surface area contributed by atoms with Crippen LogP contribution in [0, 0.1) is 13.8 Å². The summed E-state index contributed by atoms with van der Waals surface area (Å²) in [7, 11) is 0. The van der Waals surface area contributed by atoms with Gasteiger partial charge in [-0.05, 0) is 50.1 Å². The highest BCUT2D eigenvalue weighted by Gasteiger charge is 2.31. The van der Waals surface area contributed by atoms with Crippen LogP contribution in [0.3, 0.4) is 0 Å². The maximum atomic E-state index is 12.8. The zero-order chi connectivity index (χ0) is 17.3. The zero-order valence-corrected chi connectivity index (χ0v) is 15.2. The van der Waals surface area contributed by atoms with Crippen molar-refractivity contribution in [3.63, 3.8) is 0 Å². The molecule has 1 aliphatic rings. The lowest BCUT2D eigenvalue weighted by molar-refractivity contribution is 0.162. The summed E-state index contributed by atoms with van der Waals surface area (Å²) in [6.07, 6.45) is 2.00. The molecule has 1 atom stereocenters. The van der Waals surface area contributed by atoms with Crippen molar-refractivity contribution >= 4 is 23.3 Å². The van der Waals surface area contributed by atoms with E-state index in [1.807, 2.05) is 24.0 Å². The van der Waals surface area contributed by atoms with Gasteiger partial charge in [0.1, 0.15) is 0 Å². The molecule has 1 N–H and O–H groups in total. The van der Waals surface area contributed by atoms with Crippen LogP contribution < -0.4 is 5.32 Å². The fourth-order valence-electron chi connectivity index (χ4n) is 3.40. The topological polar surface area (TPSA) is 37.3 Å². The van der Waals surface area contributed by atoms with E-state index in [2.05, 4.69) is 35.9 Å². The van der Waals surface area contributed by atoms with Crippen LogP contribution in [0.4, 0.5) is 10.5 Å². The van der Waals surface area contributed by atoms with E-state index in [1.54, 1.807) is 6.07 Å². The smallest absolute Gasteiger partial charge is 0.322 e. The average Bonchev–Trinajstić information content (AvgIpc) is 2.93. The van der Waals surface area contributed by atoms with Crippen LogP contribution in [0.25, 0.3) is 0 Å². The highest BCUT2D eigenvalue weighted by Crippen LogP contribution is 2.32. The Morgan fingerprint density at radius 2 is 2.04 bits per heavy atom. The quantitative estimate of drug-likeness (QED) is 0.820. The van der Waals surface area contributed by atoms with Crippen molar-refractivity contribution in [1.29, 1.82) is 0 Å². The molecule has 1 aromatic heterocycles. The molecule has 2 amide bonds. The number of urea groups is 1. The van der Waals surface area contributed by atoms with Gasteiger partial charge in [0.15, 0.2) is 0 Å². The third-order valence-electron chi connectivity index (χ3n) is 4.76. The first-order valence-corrected chi connectivity index (χ1v) is 8.89. The van der Waals surface area contributed by atoms with Gasteiger partial charge in [0.2, 0.25) is 0 Å². The van der Waals surface area contributed by atoms with E-state index in [0.29, 0.717) is 5.02 Å². The average molecular weight is 346 g/mol. The molecule has 0 saturated carbocycles. The number of carbonyl (C=O) groups is 1. The molecule has 0 aliphatic carbocycles. The van der Waals surface area contributed by atoms with Crippen molar-refractivity contribution in [2.45, 2.75) is 46.2 Å². The van der Waals surface area contributed by atoms with Crippen molar-refractivity contribution in [1.82, 2.24) is 9.47 Å². The van der Waals surface area contributed by atoms with Crippen LogP contribution >= 0.6 is 11.6 Å². The number of carbonyl (C=O) groups excluding carboxylic acids is 1. The minimum atomic E-state index is -0.0570. The Hall–Kier alpha value is -1.94. The van der Waals surface area contributed by atoms with Gasteiger partial charge in [-0.3, -0.25) is 0 Å². The molecule has 0 radical (unpaired) electrons. The van der Waals surface area contributed by atoms with E-state index >= 15 is 0 Å². The molecule has 0 bridgehead atoms. The number of nitrogens with zero attached hydrogens (tertiary/aromatic N) is 2. The fraction of sp³-hybridized carbons (Fsp3) is 0.421. The summed E-state index contributed by atoms with van der Waals surface area (Å²) in [4.78, 5) is 14.8. The molecular formula is C19H24ClN3O. The molecule has 4 nitrogen and oxygen atoms in total. The summed E-state index contributed by atoms with van der Waals surface area (Å²) in [6.45, 7) is 7.79. The number of rotatable bonds is 3. The second-order valence-electron chi connectivity index (χ2n) is 6.44. The van der Waals surface area contributed by atoms with E-state index in [4.69, 9.17) is 11.6 Å². The minimum absolute atomic E-state index is 0.0570. The molecule has 128 valence electrons. The number of benzene rings is 1. The third kappa shape index (κ3) is 3.16. The molecule has 1 aromatic carbocycles. The Labute approximate surface area is 148 Å². The molecule has 0 saturated heterocycles. The number of fused-ring (bicyclic) bond motifs is 1. The summed E-state index contributed by atoms with van der Waals surface area (Å²) in [5.41, 5.74) is 4.24. The highest BCUT2D eigenvalue weighted by atomic mass is 35.5. The van der Waals surface area contributed by atoms with Crippen LogP contribution in [0.15, 0.2) is 30.3 Å². The molecule has 5 heteroatoms. The Kier molecular flexibility index (Phi) is 4.86. The second kappa shape index (κ2) is 6.89. The van der Waals surface area contributed by atoms with Gasteiger partial charge < -0.3 is 14.8 Å². The molecular weight excluding hydrogens is 322 g/mol. The van der Waals surface area contributed by atoms with Crippen LogP contribution in [0.5, 0.6) is 0 Å². The predicted molar refractivity (Wildman–Crippen MR) is 98.7 cm³/mol.